The molecule has 0 saturated heterocycles. The van der Waals surface area contributed by atoms with Crippen molar-refractivity contribution in [2.75, 3.05) is 14.2 Å². The van der Waals surface area contributed by atoms with Gasteiger partial charge in [0.25, 0.3) is 5.56 Å². The smallest absolute Gasteiger partial charge is 0.341 e. The predicted octanol–water partition coefficient (Wildman–Crippen LogP) is 1.72. The number of nitrogens with zero attached hydrogens (tertiary/aromatic N) is 1. The zero-order valence-corrected chi connectivity index (χ0v) is 12.0. The Hall–Kier alpha value is -3.09. The third-order valence-corrected chi connectivity index (χ3v) is 2.69. The summed E-state index contributed by atoms with van der Waals surface area (Å²) in [5.74, 6) is -0.121. The summed E-state index contributed by atoms with van der Waals surface area (Å²) in [4.78, 5) is 29.4. The van der Waals surface area contributed by atoms with Crippen LogP contribution in [0.1, 0.15) is 5.56 Å². The molecule has 1 aromatic carbocycles. The molecular weight excluding hydrogens is 288 g/mol. The molecule has 2 rings (SSSR count). The van der Waals surface area contributed by atoms with Gasteiger partial charge in [-0.05, 0) is 6.07 Å². The van der Waals surface area contributed by atoms with E-state index in [1.165, 1.54) is 32.9 Å². The van der Waals surface area contributed by atoms with Gasteiger partial charge in [-0.3, -0.25) is 4.79 Å². The van der Waals surface area contributed by atoms with Gasteiger partial charge in [0, 0.05) is 5.56 Å². The molecule has 114 valence electrons. The Labute approximate surface area is 126 Å². The Morgan fingerprint density at radius 3 is 2.73 bits per heavy atom. The van der Waals surface area contributed by atoms with Gasteiger partial charge in [-0.25, -0.2) is 9.78 Å². The highest BCUT2D eigenvalue weighted by Gasteiger charge is 2.18. The Balaban J connectivity index is 2.43. The maximum atomic E-state index is 11.9. The average Bonchev–Trinajstić information content (AvgIpc) is 2.53. The van der Waals surface area contributed by atoms with Crippen LogP contribution in [0.3, 0.4) is 0 Å². The van der Waals surface area contributed by atoms with E-state index in [1.807, 2.05) is 0 Å². The molecule has 0 saturated carbocycles. The lowest BCUT2D eigenvalue weighted by Gasteiger charge is -2.11. The first-order valence-corrected chi connectivity index (χ1v) is 6.29. The fourth-order valence-corrected chi connectivity index (χ4v) is 1.75. The number of hydrogen-bond acceptors (Lipinski definition) is 6. The first kappa shape index (κ1) is 15.3. The SMILES string of the molecule is CO/C=C(\C(=O)OC)c1ccccc1Oc1cc(=O)[nH]cn1. The molecule has 7 nitrogen and oxygen atoms in total. The number of carbonyl (C=O) groups is 1. The number of methoxy groups -OCH3 is 2. The van der Waals surface area contributed by atoms with Crippen LogP contribution in [0, 0.1) is 0 Å². The predicted molar refractivity (Wildman–Crippen MR) is 78.4 cm³/mol. The molecule has 0 aliphatic carbocycles. The van der Waals surface area contributed by atoms with Crippen LogP contribution < -0.4 is 10.3 Å². The number of nitrogens with one attached hydrogen (secondary N) is 1. The quantitative estimate of drug-likeness (QED) is 0.514. The van der Waals surface area contributed by atoms with Gasteiger partial charge in [0.1, 0.15) is 11.3 Å². The molecule has 0 atom stereocenters. The van der Waals surface area contributed by atoms with Gasteiger partial charge in [-0.15, -0.1) is 0 Å². The zero-order chi connectivity index (χ0) is 15.9. The molecule has 0 aliphatic rings. The van der Waals surface area contributed by atoms with Crippen molar-refractivity contribution in [3.63, 3.8) is 0 Å². The summed E-state index contributed by atoms with van der Waals surface area (Å²) in [6, 6.07) is 7.98. The second-order valence-electron chi connectivity index (χ2n) is 4.11. The lowest BCUT2D eigenvalue weighted by Crippen LogP contribution is -2.07. The van der Waals surface area contributed by atoms with Crippen molar-refractivity contribution in [2.45, 2.75) is 0 Å². The summed E-state index contributed by atoms with van der Waals surface area (Å²) in [6.45, 7) is 0. The van der Waals surface area contributed by atoms with E-state index in [9.17, 15) is 9.59 Å². The van der Waals surface area contributed by atoms with E-state index in [0.29, 0.717) is 11.3 Å². The monoisotopic (exact) mass is 302 g/mol. The number of aromatic nitrogens is 2. The van der Waals surface area contributed by atoms with Crippen LogP contribution in [0.15, 0.2) is 47.7 Å². The van der Waals surface area contributed by atoms with Gasteiger partial charge in [0.05, 0.1) is 32.9 Å². The van der Waals surface area contributed by atoms with Crippen LogP contribution in [-0.4, -0.2) is 30.2 Å². The van der Waals surface area contributed by atoms with Crippen molar-refractivity contribution < 1.29 is 19.0 Å². The Morgan fingerprint density at radius 1 is 1.27 bits per heavy atom. The number of ether oxygens (including phenoxy) is 3. The number of esters is 1. The van der Waals surface area contributed by atoms with E-state index in [4.69, 9.17) is 14.2 Å². The van der Waals surface area contributed by atoms with Crippen LogP contribution in [0.5, 0.6) is 11.6 Å². The summed E-state index contributed by atoms with van der Waals surface area (Å²) in [5.41, 5.74) is 0.298. The van der Waals surface area contributed by atoms with Gasteiger partial charge in [-0.1, -0.05) is 18.2 Å². The molecule has 0 fully saturated rings. The van der Waals surface area contributed by atoms with E-state index < -0.39 is 5.97 Å². The minimum Gasteiger partial charge on any atom is -0.503 e. The standard InChI is InChI=1S/C15H14N2O5/c1-20-8-11(15(19)21-2)10-5-3-4-6-12(10)22-14-7-13(18)16-9-17-14/h3-9H,1-2H3,(H,16,17,18)/b11-8-. The van der Waals surface area contributed by atoms with E-state index in [1.54, 1.807) is 24.3 Å². The van der Waals surface area contributed by atoms with Crippen molar-refractivity contribution in [3.05, 3.63) is 58.8 Å². The molecule has 7 heteroatoms. The molecule has 22 heavy (non-hydrogen) atoms. The highest BCUT2D eigenvalue weighted by Crippen LogP contribution is 2.29. The molecule has 0 spiro atoms. The number of aromatic amines is 1. The Bertz CT molecular complexity index is 751. The van der Waals surface area contributed by atoms with Gasteiger partial charge in [0.2, 0.25) is 5.88 Å². The topological polar surface area (TPSA) is 90.5 Å². The largest absolute Gasteiger partial charge is 0.503 e. The second-order valence-corrected chi connectivity index (χ2v) is 4.11. The average molecular weight is 302 g/mol. The number of benzene rings is 1. The minimum atomic E-state index is -0.572. The van der Waals surface area contributed by atoms with Gasteiger partial charge in [-0.2, -0.15) is 0 Å². The van der Waals surface area contributed by atoms with Crippen molar-refractivity contribution in [1.29, 1.82) is 0 Å². The third-order valence-electron chi connectivity index (χ3n) is 2.69. The fourth-order valence-electron chi connectivity index (χ4n) is 1.75. The highest BCUT2D eigenvalue weighted by molar-refractivity contribution is 6.17. The van der Waals surface area contributed by atoms with Crippen LogP contribution >= 0.6 is 0 Å². The molecule has 1 heterocycles. The fraction of sp³-hybridized carbons (Fsp3) is 0.133. The molecule has 2 aromatic rings. The maximum absolute atomic E-state index is 11.9. The zero-order valence-electron chi connectivity index (χ0n) is 12.0. The van der Waals surface area contributed by atoms with E-state index in [0.717, 1.165) is 0 Å². The molecule has 0 bridgehead atoms. The van der Waals surface area contributed by atoms with Crippen LogP contribution in [-0.2, 0) is 14.3 Å². The van der Waals surface area contributed by atoms with E-state index in [-0.39, 0.29) is 17.0 Å². The van der Waals surface area contributed by atoms with Gasteiger partial charge < -0.3 is 19.2 Å². The molecule has 0 radical (unpaired) electrons. The van der Waals surface area contributed by atoms with Gasteiger partial charge in [0.15, 0.2) is 0 Å². The summed E-state index contributed by atoms with van der Waals surface area (Å²) < 4.78 is 15.2. The molecule has 0 unspecified atom stereocenters. The van der Waals surface area contributed by atoms with Crippen molar-refractivity contribution >= 4 is 11.5 Å². The number of rotatable bonds is 5. The first-order chi connectivity index (χ1) is 10.7. The molecule has 0 amide bonds. The first-order valence-electron chi connectivity index (χ1n) is 6.29. The number of carbonyl (C=O) groups excluding carboxylic acids is 1. The van der Waals surface area contributed by atoms with Crippen molar-refractivity contribution in [1.82, 2.24) is 9.97 Å². The lowest BCUT2D eigenvalue weighted by molar-refractivity contribution is -0.133. The number of H-pyrrole nitrogens is 1. The normalized spacial score (nSPS) is 10.9. The summed E-state index contributed by atoms with van der Waals surface area (Å²) in [6.07, 6.45) is 2.49. The number of para-hydroxylation sites is 1. The summed E-state index contributed by atoms with van der Waals surface area (Å²) >= 11 is 0. The Kier molecular flexibility index (Phi) is 4.92. The van der Waals surface area contributed by atoms with Crippen molar-refractivity contribution in [2.24, 2.45) is 0 Å². The molecule has 0 aliphatic heterocycles. The number of hydrogen-bond donors (Lipinski definition) is 1. The maximum Gasteiger partial charge on any atom is 0.341 e. The second kappa shape index (κ2) is 7.07. The van der Waals surface area contributed by atoms with Crippen molar-refractivity contribution in [3.8, 4) is 11.6 Å². The lowest BCUT2D eigenvalue weighted by atomic mass is 10.1. The molecule has 1 N–H and O–H groups in total. The highest BCUT2D eigenvalue weighted by atomic mass is 16.5. The van der Waals surface area contributed by atoms with E-state index >= 15 is 0 Å². The van der Waals surface area contributed by atoms with Crippen LogP contribution in [0.25, 0.3) is 5.57 Å². The van der Waals surface area contributed by atoms with Crippen LogP contribution in [0.4, 0.5) is 0 Å². The van der Waals surface area contributed by atoms with Gasteiger partial charge >= 0.3 is 5.97 Å². The summed E-state index contributed by atoms with van der Waals surface area (Å²) in [7, 11) is 2.69. The molecular formula is C15H14N2O5. The Morgan fingerprint density at radius 2 is 2.05 bits per heavy atom. The summed E-state index contributed by atoms with van der Waals surface area (Å²) in [5, 5.41) is 0. The van der Waals surface area contributed by atoms with E-state index in [2.05, 4.69) is 9.97 Å². The molecule has 1 aromatic heterocycles. The third kappa shape index (κ3) is 3.51. The van der Waals surface area contributed by atoms with Crippen LogP contribution in [0.2, 0.25) is 0 Å². The minimum absolute atomic E-state index is 0.109.